The largest absolute Gasteiger partial charge is 0.268 e. The lowest BCUT2D eigenvalue weighted by Gasteiger charge is -2.03. The zero-order chi connectivity index (χ0) is 11.5. The highest BCUT2D eigenvalue weighted by atomic mass is 15.3. The molecule has 0 N–H and O–H groups in total. The quantitative estimate of drug-likeness (QED) is 0.662. The van der Waals surface area contributed by atoms with Crippen molar-refractivity contribution in [3.63, 3.8) is 0 Å². The van der Waals surface area contributed by atoms with E-state index in [0.29, 0.717) is 0 Å². The first-order chi connectivity index (χ1) is 7.72. The van der Waals surface area contributed by atoms with Gasteiger partial charge in [0.2, 0.25) is 0 Å². The molecule has 0 fully saturated rings. The molecule has 0 bridgehead atoms. The molecule has 0 aliphatic heterocycles. The summed E-state index contributed by atoms with van der Waals surface area (Å²) in [5.41, 5.74) is 4.58. The van der Waals surface area contributed by atoms with Crippen molar-refractivity contribution < 1.29 is 0 Å². The van der Waals surface area contributed by atoms with Gasteiger partial charge in [-0.15, -0.1) is 5.92 Å². The topological polar surface area (TPSA) is 17.8 Å². The van der Waals surface area contributed by atoms with Crippen LogP contribution in [0.15, 0.2) is 30.5 Å². The minimum Gasteiger partial charge on any atom is -0.268 e. The number of aryl methyl sites for hydroxylation is 2. The van der Waals surface area contributed by atoms with Gasteiger partial charge in [-0.3, -0.25) is 4.68 Å². The molecule has 1 heterocycles. The molecule has 0 saturated heterocycles. The second kappa shape index (κ2) is 4.24. The van der Waals surface area contributed by atoms with E-state index in [1.165, 1.54) is 11.1 Å². The zero-order valence-corrected chi connectivity index (χ0v) is 9.78. The number of hydrogen-bond acceptors (Lipinski definition) is 1. The average Bonchev–Trinajstić information content (AvgIpc) is 2.61. The fourth-order valence-electron chi connectivity index (χ4n) is 1.82. The summed E-state index contributed by atoms with van der Waals surface area (Å²) < 4.78 is 1.90. The molecule has 0 unspecified atom stereocenters. The first-order valence-electron chi connectivity index (χ1n) is 5.24. The van der Waals surface area contributed by atoms with Crippen LogP contribution in [0.1, 0.15) is 18.1 Å². The number of hydrogen-bond donors (Lipinski definition) is 0. The van der Waals surface area contributed by atoms with Crippen molar-refractivity contribution in [3.8, 4) is 23.1 Å². The van der Waals surface area contributed by atoms with Crippen molar-refractivity contribution in [2.45, 2.75) is 13.8 Å². The molecule has 0 spiro atoms. The van der Waals surface area contributed by atoms with Gasteiger partial charge in [0.05, 0.1) is 11.9 Å². The van der Waals surface area contributed by atoms with Gasteiger partial charge in [-0.1, -0.05) is 18.1 Å². The summed E-state index contributed by atoms with van der Waals surface area (Å²) >= 11 is 0. The van der Waals surface area contributed by atoms with Crippen LogP contribution in [0.5, 0.6) is 0 Å². The molecule has 0 radical (unpaired) electrons. The Balaban J connectivity index is 2.45. The highest BCUT2D eigenvalue weighted by Crippen LogP contribution is 2.22. The molecule has 80 valence electrons. The molecule has 2 rings (SSSR count). The van der Waals surface area contributed by atoms with Gasteiger partial charge in [0, 0.05) is 18.2 Å². The average molecular weight is 210 g/mol. The summed E-state index contributed by atoms with van der Waals surface area (Å²) in [4.78, 5) is 0. The molecule has 2 aromatic rings. The van der Waals surface area contributed by atoms with E-state index in [1.807, 2.05) is 37.0 Å². The van der Waals surface area contributed by atoms with Crippen LogP contribution in [0.4, 0.5) is 0 Å². The monoisotopic (exact) mass is 210 g/mol. The maximum Gasteiger partial charge on any atom is 0.0708 e. The molecule has 0 aliphatic rings. The molecule has 0 amide bonds. The Morgan fingerprint density at radius 1 is 1.19 bits per heavy atom. The fraction of sp³-hybridized carbons (Fsp3) is 0.214. The van der Waals surface area contributed by atoms with Crippen LogP contribution >= 0.6 is 0 Å². The van der Waals surface area contributed by atoms with Gasteiger partial charge < -0.3 is 0 Å². The fourth-order valence-corrected chi connectivity index (χ4v) is 1.82. The van der Waals surface area contributed by atoms with E-state index in [0.717, 1.165) is 11.3 Å². The third-order valence-electron chi connectivity index (χ3n) is 2.55. The van der Waals surface area contributed by atoms with Crippen LogP contribution in [-0.4, -0.2) is 9.78 Å². The maximum atomic E-state index is 4.24. The second-order valence-electron chi connectivity index (χ2n) is 3.75. The van der Waals surface area contributed by atoms with Crippen molar-refractivity contribution in [3.05, 3.63) is 41.6 Å². The molecular weight excluding hydrogens is 196 g/mol. The van der Waals surface area contributed by atoms with Gasteiger partial charge in [-0.2, -0.15) is 5.10 Å². The Morgan fingerprint density at radius 2 is 1.88 bits per heavy atom. The molecule has 2 nitrogen and oxygen atoms in total. The minimum absolute atomic E-state index is 1.05. The summed E-state index contributed by atoms with van der Waals surface area (Å²) in [5, 5.41) is 4.24. The van der Waals surface area contributed by atoms with Crippen LogP contribution in [0.2, 0.25) is 0 Å². The third kappa shape index (κ3) is 1.85. The maximum absolute atomic E-state index is 4.24. The molecule has 0 aliphatic carbocycles. The van der Waals surface area contributed by atoms with Gasteiger partial charge in [-0.25, -0.2) is 0 Å². The van der Waals surface area contributed by atoms with E-state index in [9.17, 15) is 0 Å². The summed E-state index contributed by atoms with van der Waals surface area (Å²) in [6.07, 6.45) is 1.88. The lowest BCUT2D eigenvalue weighted by Crippen LogP contribution is -1.94. The van der Waals surface area contributed by atoms with Gasteiger partial charge >= 0.3 is 0 Å². The van der Waals surface area contributed by atoms with Crippen molar-refractivity contribution in [1.29, 1.82) is 0 Å². The molecule has 0 saturated carbocycles. The Morgan fingerprint density at radius 3 is 2.38 bits per heavy atom. The summed E-state index contributed by atoms with van der Waals surface area (Å²) in [5.74, 6) is 5.93. The summed E-state index contributed by atoms with van der Waals surface area (Å²) in [7, 11) is 1.96. The Kier molecular flexibility index (Phi) is 2.78. The van der Waals surface area contributed by atoms with E-state index in [-0.39, 0.29) is 0 Å². The van der Waals surface area contributed by atoms with Gasteiger partial charge in [0.15, 0.2) is 0 Å². The van der Waals surface area contributed by atoms with E-state index in [4.69, 9.17) is 0 Å². The Bertz CT molecular complexity index is 531. The molecule has 1 aromatic carbocycles. The summed E-state index contributed by atoms with van der Waals surface area (Å²) in [6.45, 7) is 3.92. The SMILES string of the molecule is CC#Cc1ccc(-c2c(C)cnn2C)cc1. The first-order valence-corrected chi connectivity index (χ1v) is 5.24. The minimum atomic E-state index is 1.05. The smallest absolute Gasteiger partial charge is 0.0708 e. The lowest BCUT2D eigenvalue weighted by atomic mass is 10.1. The predicted molar refractivity (Wildman–Crippen MR) is 65.9 cm³/mol. The van der Waals surface area contributed by atoms with E-state index in [2.05, 4.69) is 36.0 Å². The van der Waals surface area contributed by atoms with Gasteiger partial charge in [0.25, 0.3) is 0 Å². The van der Waals surface area contributed by atoms with Crippen molar-refractivity contribution >= 4 is 0 Å². The number of nitrogens with zero attached hydrogens (tertiary/aromatic N) is 2. The zero-order valence-electron chi connectivity index (χ0n) is 9.78. The van der Waals surface area contributed by atoms with E-state index < -0.39 is 0 Å². The van der Waals surface area contributed by atoms with Crippen LogP contribution in [-0.2, 0) is 7.05 Å². The van der Waals surface area contributed by atoms with Gasteiger partial charge in [0.1, 0.15) is 0 Å². The van der Waals surface area contributed by atoms with Crippen molar-refractivity contribution in [2.75, 3.05) is 0 Å². The molecule has 2 heteroatoms. The molecular formula is C14H14N2. The molecule has 1 aromatic heterocycles. The van der Waals surface area contributed by atoms with Crippen LogP contribution in [0.25, 0.3) is 11.3 Å². The van der Waals surface area contributed by atoms with Crippen LogP contribution < -0.4 is 0 Å². The highest BCUT2D eigenvalue weighted by Gasteiger charge is 2.06. The normalized spacial score (nSPS) is 9.69. The van der Waals surface area contributed by atoms with E-state index >= 15 is 0 Å². The number of aromatic nitrogens is 2. The van der Waals surface area contributed by atoms with Crippen LogP contribution in [0.3, 0.4) is 0 Å². The van der Waals surface area contributed by atoms with Crippen molar-refractivity contribution in [1.82, 2.24) is 9.78 Å². The standard InChI is InChI=1S/C14H14N2/c1-4-5-12-6-8-13(9-7-12)14-11(2)10-15-16(14)3/h6-10H,1-3H3. The van der Waals surface area contributed by atoms with E-state index in [1.54, 1.807) is 0 Å². The lowest BCUT2D eigenvalue weighted by molar-refractivity contribution is 0.775. The van der Waals surface area contributed by atoms with Crippen LogP contribution in [0, 0.1) is 18.8 Å². The highest BCUT2D eigenvalue weighted by molar-refractivity contribution is 5.64. The van der Waals surface area contributed by atoms with Gasteiger partial charge in [-0.05, 0) is 31.5 Å². The summed E-state index contributed by atoms with van der Waals surface area (Å²) in [6, 6.07) is 8.25. The van der Waals surface area contributed by atoms with Crippen molar-refractivity contribution in [2.24, 2.45) is 7.05 Å². The molecule has 16 heavy (non-hydrogen) atoms. The first kappa shape index (κ1) is 10.5. The Labute approximate surface area is 95.9 Å². The Hall–Kier alpha value is -2.01. The predicted octanol–water partition coefficient (Wildman–Crippen LogP) is 2.77. The molecule has 0 atom stereocenters. The number of benzene rings is 1. The number of rotatable bonds is 1. The second-order valence-corrected chi connectivity index (χ2v) is 3.75. The third-order valence-corrected chi connectivity index (χ3v) is 2.55.